The molecule has 1 aliphatic rings. The highest BCUT2D eigenvalue weighted by atomic mass is 19.4. The predicted molar refractivity (Wildman–Crippen MR) is 192 cm³/mol. The van der Waals surface area contributed by atoms with Crippen LogP contribution >= 0.6 is 0 Å². The van der Waals surface area contributed by atoms with Crippen molar-refractivity contribution in [3.63, 3.8) is 0 Å². The van der Waals surface area contributed by atoms with Crippen LogP contribution in [0.3, 0.4) is 0 Å². The largest absolute Gasteiger partial charge is 0.484 e. The number of carbonyl (C=O) groups is 2. The number of hydrogen-bond donors (Lipinski definition) is 0. The number of alkyl halides is 6. The third-order valence-electron chi connectivity index (χ3n) is 9.07. The van der Waals surface area contributed by atoms with Gasteiger partial charge in [0, 0.05) is 55.7 Å². The van der Waals surface area contributed by atoms with Gasteiger partial charge in [-0.05, 0) is 48.0 Å². The molecule has 0 N–H and O–H groups in total. The molecule has 4 heterocycles. The fourth-order valence-corrected chi connectivity index (χ4v) is 6.14. The van der Waals surface area contributed by atoms with E-state index in [9.17, 15) is 35.9 Å². The zero-order chi connectivity index (χ0) is 40.5. The van der Waals surface area contributed by atoms with E-state index in [-0.39, 0.29) is 46.5 Å². The number of ether oxygens (including phenoxy) is 2. The van der Waals surface area contributed by atoms with Gasteiger partial charge < -0.3 is 18.9 Å². The van der Waals surface area contributed by atoms with Gasteiger partial charge >= 0.3 is 12.4 Å². The van der Waals surface area contributed by atoms with Crippen molar-refractivity contribution < 1.29 is 49.9 Å². The van der Waals surface area contributed by atoms with Crippen LogP contribution in [0.15, 0.2) is 89.7 Å². The van der Waals surface area contributed by atoms with Crippen LogP contribution in [0.25, 0.3) is 33.9 Å². The smallest absolute Gasteiger partial charge is 0.422 e. The Kier molecular flexibility index (Phi) is 10.7. The molecule has 0 atom stereocenters. The number of nitrogens with zero attached hydrogens (tertiary/aromatic N) is 7. The Morgan fingerprint density at radius 1 is 0.842 bits per heavy atom. The lowest BCUT2D eigenvalue weighted by Crippen LogP contribution is -2.48. The lowest BCUT2D eigenvalue weighted by molar-refractivity contribution is -0.153. The van der Waals surface area contributed by atoms with Crippen LogP contribution in [0, 0.1) is 5.92 Å². The first-order chi connectivity index (χ1) is 27.1. The Labute approximate surface area is 320 Å². The van der Waals surface area contributed by atoms with Gasteiger partial charge in [-0.2, -0.15) is 31.3 Å². The van der Waals surface area contributed by atoms with Crippen LogP contribution in [-0.2, 0) is 12.7 Å². The standard InChI is InChI=1S/C39H33F6N7O5/c1-23(2)36(53)52-31-18-29(56-33-20-46-30(19-47-33)35-48-34(49-57-35)25-5-8-27(9-6-25)39(43,44)45)12-7-26(31)17-32(52)37(54)51-15-13-50(14-16-51)21-24-3-10-28(11-4-24)55-22-38(40,41)42/h3-12,17-20,23H,13-16,21-22H2,1-2H3. The van der Waals surface area contributed by atoms with E-state index < -0.39 is 30.4 Å². The summed E-state index contributed by atoms with van der Waals surface area (Å²) in [5.74, 6) is -0.452. The van der Waals surface area contributed by atoms with E-state index in [0.717, 1.165) is 17.7 Å². The summed E-state index contributed by atoms with van der Waals surface area (Å²) in [6.45, 7) is 4.53. The second kappa shape index (κ2) is 15.7. The molecule has 0 spiro atoms. The summed E-state index contributed by atoms with van der Waals surface area (Å²) in [5.41, 5.74) is 1.26. The van der Waals surface area contributed by atoms with E-state index in [4.69, 9.17) is 14.0 Å². The van der Waals surface area contributed by atoms with E-state index in [1.165, 1.54) is 41.2 Å². The SMILES string of the molecule is CC(C)C(=O)n1c(C(=O)N2CCN(Cc3ccc(OCC(F)(F)F)cc3)CC2)cc2ccc(Oc3cnc(-c4nc(-c5ccc(C(F)(F)F)cc5)no4)cn3)cc21. The number of hydrogen-bond acceptors (Lipinski definition) is 10. The summed E-state index contributed by atoms with van der Waals surface area (Å²) < 4.78 is 93.6. The zero-order valence-corrected chi connectivity index (χ0v) is 30.3. The van der Waals surface area contributed by atoms with Gasteiger partial charge in [0.15, 0.2) is 6.61 Å². The number of rotatable bonds is 10. The van der Waals surface area contributed by atoms with Gasteiger partial charge in [-0.15, -0.1) is 0 Å². The summed E-state index contributed by atoms with van der Waals surface area (Å²) in [6.07, 6.45) is -6.26. The lowest BCUT2D eigenvalue weighted by Gasteiger charge is -2.35. The summed E-state index contributed by atoms with van der Waals surface area (Å²) in [5, 5.41) is 4.47. The van der Waals surface area contributed by atoms with Crippen LogP contribution in [-0.4, -0.2) is 85.3 Å². The average molecular weight is 794 g/mol. The van der Waals surface area contributed by atoms with Crippen molar-refractivity contribution in [2.24, 2.45) is 5.92 Å². The van der Waals surface area contributed by atoms with E-state index in [1.54, 1.807) is 55.1 Å². The predicted octanol–water partition coefficient (Wildman–Crippen LogP) is 8.15. The fraction of sp³-hybridized carbons (Fsp3) is 0.282. The molecular formula is C39H33F6N7O5. The van der Waals surface area contributed by atoms with Crippen molar-refractivity contribution in [2.45, 2.75) is 32.7 Å². The van der Waals surface area contributed by atoms with Gasteiger partial charge in [-0.1, -0.05) is 43.3 Å². The maximum Gasteiger partial charge on any atom is 0.422 e. The Hall–Kier alpha value is -6.30. The molecule has 0 unspecified atom stereocenters. The van der Waals surface area contributed by atoms with Crippen molar-refractivity contribution in [2.75, 3.05) is 32.8 Å². The molecule has 0 bridgehead atoms. The first-order valence-corrected chi connectivity index (χ1v) is 17.6. The molecule has 6 aromatic rings. The molecule has 1 aliphatic heterocycles. The Morgan fingerprint density at radius 3 is 2.18 bits per heavy atom. The number of halogens is 6. The second-order valence-corrected chi connectivity index (χ2v) is 13.5. The Bertz CT molecular complexity index is 2370. The van der Waals surface area contributed by atoms with Gasteiger partial charge in [0.05, 0.1) is 23.5 Å². The molecule has 57 heavy (non-hydrogen) atoms. The van der Waals surface area contributed by atoms with Crippen LogP contribution in [0.2, 0.25) is 0 Å². The molecule has 3 aromatic heterocycles. The molecule has 0 saturated carbocycles. The van der Waals surface area contributed by atoms with E-state index in [2.05, 4.69) is 25.0 Å². The minimum absolute atomic E-state index is 0.0137. The number of fused-ring (bicyclic) bond motifs is 1. The second-order valence-electron chi connectivity index (χ2n) is 13.5. The molecule has 12 nitrogen and oxygen atoms in total. The van der Waals surface area contributed by atoms with Crippen LogP contribution in [0.5, 0.6) is 17.4 Å². The molecule has 3 aromatic carbocycles. The van der Waals surface area contributed by atoms with Gasteiger partial charge in [0.1, 0.15) is 22.9 Å². The molecular weight excluding hydrogens is 760 g/mol. The molecule has 1 fully saturated rings. The van der Waals surface area contributed by atoms with Crippen molar-refractivity contribution in [3.8, 4) is 40.4 Å². The summed E-state index contributed by atoms with van der Waals surface area (Å²) in [7, 11) is 0. The summed E-state index contributed by atoms with van der Waals surface area (Å²) >= 11 is 0. The van der Waals surface area contributed by atoms with E-state index in [1.807, 2.05) is 0 Å². The quantitative estimate of drug-likeness (QED) is 0.125. The molecule has 1 amide bonds. The third kappa shape index (κ3) is 9.06. The Balaban J connectivity index is 1.01. The normalized spacial score (nSPS) is 14.0. The van der Waals surface area contributed by atoms with Crippen molar-refractivity contribution in [1.29, 1.82) is 0 Å². The monoisotopic (exact) mass is 793 g/mol. The summed E-state index contributed by atoms with van der Waals surface area (Å²) in [4.78, 5) is 44.1. The van der Waals surface area contributed by atoms with Crippen molar-refractivity contribution in [3.05, 3.63) is 102 Å². The van der Waals surface area contributed by atoms with Gasteiger partial charge in [-0.25, -0.2) is 9.97 Å². The molecule has 1 saturated heterocycles. The maximum atomic E-state index is 13.9. The third-order valence-corrected chi connectivity index (χ3v) is 9.07. The van der Waals surface area contributed by atoms with E-state index >= 15 is 0 Å². The number of aromatic nitrogens is 5. The highest BCUT2D eigenvalue weighted by Gasteiger charge is 2.31. The van der Waals surface area contributed by atoms with Crippen LogP contribution in [0.1, 0.15) is 40.3 Å². The number of benzene rings is 3. The van der Waals surface area contributed by atoms with Crippen molar-refractivity contribution in [1.82, 2.24) is 34.5 Å². The molecule has 7 rings (SSSR count). The Morgan fingerprint density at radius 2 is 1.54 bits per heavy atom. The van der Waals surface area contributed by atoms with Gasteiger partial charge in [0.2, 0.25) is 17.6 Å². The average Bonchev–Trinajstić information content (AvgIpc) is 3.83. The molecule has 0 aliphatic carbocycles. The maximum absolute atomic E-state index is 13.9. The van der Waals surface area contributed by atoms with Crippen molar-refractivity contribution >= 4 is 22.7 Å². The highest BCUT2D eigenvalue weighted by molar-refractivity contribution is 6.05. The highest BCUT2D eigenvalue weighted by Crippen LogP contribution is 2.32. The topological polar surface area (TPSA) is 129 Å². The van der Waals surface area contributed by atoms with Gasteiger partial charge in [0.25, 0.3) is 11.8 Å². The number of amides is 1. The first-order valence-electron chi connectivity index (χ1n) is 17.6. The molecule has 18 heteroatoms. The number of carbonyl (C=O) groups excluding carboxylic acids is 2. The minimum atomic E-state index is -4.48. The zero-order valence-electron chi connectivity index (χ0n) is 30.3. The lowest BCUT2D eigenvalue weighted by atomic mass is 10.1. The van der Waals surface area contributed by atoms with Gasteiger partial charge in [-0.3, -0.25) is 19.1 Å². The summed E-state index contributed by atoms with van der Waals surface area (Å²) in [6, 6.07) is 17.4. The van der Waals surface area contributed by atoms with Crippen LogP contribution in [0.4, 0.5) is 26.3 Å². The molecule has 296 valence electrons. The van der Waals surface area contributed by atoms with Crippen LogP contribution < -0.4 is 9.47 Å². The molecule has 0 radical (unpaired) electrons. The fourth-order valence-electron chi connectivity index (χ4n) is 6.14. The van der Waals surface area contributed by atoms with E-state index in [0.29, 0.717) is 54.9 Å². The minimum Gasteiger partial charge on any atom is -0.484 e. The first kappa shape index (κ1) is 39.0. The number of piperazine rings is 1.